The molecule has 2 rings (SSSR count). The summed E-state index contributed by atoms with van der Waals surface area (Å²) in [7, 11) is 1.86. The minimum Gasteiger partial charge on any atom is -0.316 e. The Hall–Kier alpha value is -1.19. The van der Waals surface area contributed by atoms with Crippen LogP contribution in [0.5, 0.6) is 0 Å². The van der Waals surface area contributed by atoms with Crippen molar-refractivity contribution in [2.45, 2.75) is 13.5 Å². The average molecular weight is 235 g/mol. The van der Waals surface area contributed by atoms with Crippen molar-refractivity contribution in [3.63, 3.8) is 0 Å². The first kappa shape index (κ1) is 11.3. The quantitative estimate of drug-likeness (QED) is 0.857. The first-order valence-corrected chi connectivity index (χ1v) is 6.02. The van der Waals surface area contributed by atoms with Gasteiger partial charge in [0.05, 0.1) is 0 Å². The molecule has 0 bridgehead atoms. The maximum absolute atomic E-state index is 13.8. The lowest BCUT2D eigenvalue weighted by atomic mass is 10.1. The second kappa shape index (κ2) is 4.76. The fourth-order valence-corrected chi connectivity index (χ4v) is 2.55. The van der Waals surface area contributed by atoms with Crippen LogP contribution in [0.2, 0.25) is 0 Å². The third kappa shape index (κ3) is 2.31. The number of thiophene rings is 1. The molecule has 1 N–H and O–H groups in total. The van der Waals surface area contributed by atoms with Gasteiger partial charge in [0.1, 0.15) is 5.82 Å². The molecule has 1 nitrogen and oxygen atoms in total. The molecular formula is C13H14FNS. The number of rotatable bonds is 3. The minimum absolute atomic E-state index is 0.144. The van der Waals surface area contributed by atoms with Crippen molar-refractivity contribution in [3.05, 3.63) is 46.6 Å². The van der Waals surface area contributed by atoms with E-state index in [0.29, 0.717) is 12.1 Å². The second-order valence-corrected chi connectivity index (χ2v) is 5.04. The summed E-state index contributed by atoms with van der Waals surface area (Å²) < 4.78 is 13.8. The molecule has 0 amide bonds. The number of hydrogen-bond donors (Lipinski definition) is 1. The molecular weight excluding hydrogens is 221 g/mol. The van der Waals surface area contributed by atoms with Crippen molar-refractivity contribution >= 4 is 11.3 Å². The third-order valence-corrected chi connectivity index (χ3v) is 3.45. The van der Waals surface area contributed by atoms with Crippen LogP contribution in [0.1, 0.15) is 10.4 Å². The summed E-state index contributed by atoms with van der Waals surface area (Å²) in [6.07, 6.45) is 0. The smallest absolute Gasteiger partial charge is 0.132 e. The molecule has 0 aliphatic heterocycles. The Morgan fingerprint density at radius 2 is 2.06 bits per heavy atom. The molecule has 0 atom stereocenters. The summed E-state index contributed by atoms with van der Waals surface area (Å²) in [5.74, 6) is -0.144. The first-order chi connectivity index (χ1) is 7.70. The molecule has 0 spiro atoms. The standard InChI is InChI=1S/C13H14FNS/c1-9-3-6-13(16-9)11-5-4-10(8-15-2)7-12(11)14/h3-7,15H,8H2,1-2H3. The van der Waals surface area contributed by atoms with Gasteiger partial charge < -0.3 is 5.32 Å². The molecule has 0 saturated carbocycles. The SMILES string of the molecule is CNCc1ccc(-c2ccc(C)s2)c(F)c1. The molecule has 84 valence electrons. The van der Waals surface area contributed by atoms with Gasteiger partial charge in [-0.3, -0.25) is 0 Å². The van der Waals surface area contributed by atoms with Gasteiger partial charge in [0.2, 0.25) is 0 Å². The number of halogens is 1. The highest BCUT2D eigenvalue weighted by Gasteiger charge is 2.07. The van der Waals surface area contributed by atoms with Gasteiger partial charge in [-0.2, -0.15) is 0 Å². The summed E-state index contributed by atoms with van der Waals surface area (Å²) in [4.78, 5) is 2.19. The zero-order valence-electron chi connectivity index (χ0n) is 9.38. The van der Waals surface area contributed by atoms with Crippen LogP contribution < -0.4 is 5.32 Å². The van der Waals surface area contributed by atoms with E-state index in [-0.39, 0.29) is 5.82 Å². The topological polar surface area (TPSA) is 12.0 Å². The van der Waals surface area contributed by atoms with E-state index in [1.807, 2.05) is 38.2 Å². The van der Waals surface area contributed by atoms with Crippen molar-refractivity contribution in [1.29, 1.82) is 0 Å². The van der Waals surface area contributed by atoms with Crippen molar-refractivity contribution in [2.24, 2.45) is 0 Å². The largest absolute Gasteiger partial charge is 0.316 e. The Kier molecular flexibility index (Phi) is 3.36. The monoisotopic (exact) mass is 235 g/mol. The summed E-state index contributed by atoms with van der Waals surface area (Å²) in [5.41, 5.74) is 1.66. The molecule has 1 aromatic heterocycles. The summed E-state index contributed by atoms with van der Waals surface area (Å²) in [6.45, 7) is 2.72. The van der Waals surface area contributed by atoms with Crippen LogP contribution in [-0.4, -0.2) is 7.05 Å². The molecule has 0 unspecified atom stereocenters. The van der Waals surface area contributed by atoms with Crippen molar-refractivity contribution in [1.82, 2.24) is 5.32 Å². The van der Waals surface area contributed by atoms with Crippen molar-refractivity contribution < 1.29 is 4.39 Å². The molecule has 0 radical (unpaired) electrons. The van der Waals surface area contributed by atoms with E-state index in [9.17, 15) is 4.39 Å². The molecule has 3 heteroatoms. The van der Waals surface area contributed by atoms with Crippen LogP contribution in [0, 0.1) is 12.7 Å². The van der Waals surface area contributed by atoms with E-state index in [1.165, 1.54) is 4.88 Å². The Morgan fingerprint density at radius 1 is 1.25 bits per heavy atom. The fraction of sp³-hybridized carbons (Fsp3) is 0.231. The average Bonchev–Trinajstić information content (AvgIpc) is 2.65. The molecule has 0 fully saturated rings. The highest BCUT2D eigenvalue weighted by Crippen LogP contribution is 2.30. The molecule has 0 aliphatic carbocycles. The highest BCUT2D eigenvalue weighted by molar-refractivity contribution is 7.15. The van der Waals surface area contributed by atoms with Crippen LogP contribution in [0.15, 0.2) is 30.3 Å². The van der Waals surface area contributed by atoms with Crippen molar-refractivity contribution in [3.8, 4) is 10.4 Å². The molecule has 16 heavy (non-hydrogen) atoms. The van der Waals surface area contributed by atoms with Crippen LogP contribution in [-0.2, 0) is 6.54 Å². The van der Waals surface area contributed by atoms with Gasteiger partial charge in [-0.15, -0.1) is 11.3 Å². The number of benzene rings is 1. The predicted octanol–water partition coefficient (Wildman–Crippen LogP) is 3.58. The normalized spacial score (nSPS) is 10.7. The predicted molar refractivity (Wildman–Crippen MR) is 67.2 cm³/mol. The Balaban J connectivity index is 2.36. The highest BCUT2D eigenvalue weighted by atomic mass is 32.1. The fourth-order valence-electron chi connectivity index (χ4n) is 1.65. The number of hydrogen-bond acceptors (Lipinski definition) is 2. The van der Waals surface area contributed by atoms with Gasteiger partial charge in [0.25, 0.3) is 0 Å². The van der Waals surface area contributed by atoms with E-state index in [1.54, 1.807) is 17.4 Å². The van der Waals surface area contributed by atoms with Crippen LogP contribution in [0.3, 0.4) is 0 Å². The number of nitrogens with one attached hydrogen (secondary N) is 1. The zero-order chi connectivity index (χ0) is 11.5. The molecule has 2 aromatic rings. The van der Waals surface area contributed by atoms with E-state index in [0.717, 1.165) is 10.4 Å². The maximum atomic E-state index is 13.8. The van der Waals surface area contributed by atoms with E-state index in [4.69, 9.17) is 0 Å². The second-order valence-electron chi connectivity index (χ2n) is 3.75. The van der Waals surface area contributed by atoms with Gasteiger partial charge in [0.15, 0.2) is 0 Å². The van der Waals surface area contributed by atoms with Crippen LogP contribution in [0.25, 0.3) is 10.4 Å². The lowest BCUT2D eigenvalue weighted by Gasteiger charge is -2.04. The lowest BCUT2D eigenvalue weighted by Crippen LogP contribution is -2.05. The Morgan fingerprint density at radius 3 is 2.62 bits per heavy atom. The molecule has 1 heterocycles. The van der Waals surface area contributed by atoms with E-state index < -0.39 is 0 Å². The lowest BCUT2D eigenvalue weighted by molar-refractivity contribution is 0.627. The maximum Gasteiger partial charge on any atom is 0.132 e. The third-order valence-electron chi connectivity index (χ3n) is 2.42. The number of aryl methyl sites for hydroxylation is 1. The van der Waals surface area contributed by atoms with Gasteiger partial charge >= 0.3 is 0 Å². The van der Waals surface area contributed by atoms with Gasteiger partial charge in [0, 0.05) is 21.9 Å². The summed E-state index contributed by atoms with van der Waals surface area (Å²) in [5, 5.41) is 3.01. The summed E-state index contributed by atoms with van der Waals surface area (Å²) >= 11 is 1.62. The van der Waals surface area contributed by atoms with Gasteiger partial charge in [-0.25, -0.2) is 4.39 Å². The molecule has 0 aliphatic rings. The molecule has 0 saturated heterocycles. The summed E-state index contributed by atoms with van der Waals surface area (Å²) in [6, 6.07) is 9.40. The Bertz CT molecular complexity index is 490. The minimum atomic E-state index is -0.144. The molecule has 1 aromatic carbocycles. The van der Waals surface area contributed by atoms with Gasteiger partial charge in [-0.05, 0) is 37.7 Å². The van der Waals surface area contributed by atoms with Gasteiger partial charge in [-0.1, -0.05) is 12.1 Å². The van der Waals surface area contributed by atoms with Crippen LogP contribution >= 0.6 is 11.3 Å². The van der Waals surface area contributed by atoms with Crippen molar-refractivity contribution in [2.75, 3.05) is 7.05 Å². The van der Waals surface area contributed by atoms with Crippen LogP contribution in [0.4, 0.5) is 4.39 Å². The first-order valence-electron chi connectivity index (χ1n) is 5.20. The zero-order valence-corrected chi connectivity index (χ0v) is 10.2. The van der Waals surface area contributed by atoms with E-state index in [2.05, 4.69) is 5.32 Å². The Labute approximate surface area is 98.9 Å². The van der Waals surface area contributed by atoms with E-state index >= 15 is 0 Å².